The Morgan fingerprint density at radius 2 is 1.22 bits per heavy atom. The zero-order valence-corrected chi connectivity index (χ0v) is 75.8. The highest BCUT2D eigenvalue weighted by Gasteiger charge is 2.46. The number of ether oxygens (including phenoxy) is 1. The first-order valence-corrected chi connectivity index (χ1v) is 48.3. The van der Waals surface area contributed by atoms with E-state index in [4.69, 9.17) is 9.84 Å². The summed E-state index contributed by atoms with van der Waals surface area (Å²) >= 11 is 0. The highest BCUT2D eigenvalue weighted by molar-refractivity contribution is 7.86. The maximum atomic E-state index is 14.1. The van der Waals surface area contributed by atoms with Crippen LogP contribution in [0, 0.1) is 0 Å². The maximum absolute atomic E-state index is 14.1. The van der Waals surface area contributed by atoms with E-state index in [0.717, 1.165) is 0 Å². The number of carbonyl (C=O) groups is 9. The number of hydrogen-bond acceptors (Lipinski definition) is 26. The molecule has 1 aliphatic carbocycles. The predicted octanol–water partition coefficient (Wildman–Crippen LogP) is 3.68. The van der Waals surface area contributed by atoms with Crippen molar-refractivity contribution < 1.29 is 130 Å². The van der Waals surface area contributed by atoms with Crippen LogP contribution in [0.5, 0.6) is 5.75 Å². The lowest BCUT2D eigenvalue weighted by molar-refractivity contribution is -0.438. The fourth-order valence-corrected chi connectivity index (χ4v) is 17.8. The number of carbonyl (C=O) groups excluding carboxylic acids is 6. The van der Waals surface area contributed by atoms with Gasteiger partial charge in [0.2, 0.25) is 35.2 Å². The van der Waals surface area contributed by atoms with Crippen molar-refractivity contribution in [1.29, 1.82) is 0 Å². The molecule has 45 heteroatoms. The van der Waals surface area contributed by atoms with Gasteiger partial charge < -0.3 is 71.8 Å². The van der Waals surface area contributed by atoms with Crippen molar-refractivity contribution in [1.82, 2.24) is 52.0 Å². The van der Waals surface area contributed by atoms with Gasteiger partial charge in [-0.3, -0.25) is 82.0 Å². The molecule has 0 aromatic heterocycles. The number of anilines is 2. The van der Waals surface area contributed by atoms with Crippen LogP contribution in [0.4, 0.5) is 17.1 Å². The SMILES string of the molecule is C[C@@H](NC(=O)c1ccc(NNC(=O)CCCNC(=O)[C@@H](CCCCNC(=O)CCCCC[N+]2=C(/C=C/C3=C(Oc4ccc(S(=O)(=O)O)cc4)C(=C/C=C4/N(CCCCS(=O)(=O)O)c5ccc(S(=O)(=O)O)cc5C4(C)C)/CCC3)C(C)(C)c3cc(S(=O)(=O)O)ccc32)NC(=O)CN(CCNCC(=O)O)CCN(CCNCC(=O)O)CC(=O)O)cc1)C(=O)N1CCC[C@H]1B(O)O. The van der Waals surface area contributed by atoms with Crippen molar-refractivity contribution in [3.8, 4) is 5.75 Å². The summed E-state index contributed by atoms with van der Waals surface area (Å²) in [5.74, 6) is -7.17. The minimum Gasteiger partial charge on any atom is -0.480 e. The zero-order valence-electron chi connectivity index (χ0n) is 72.6. The molecule has 129 heavy (non-hydrogen) atoms. The van der Waals surface area contributed by atoms with E-state index in [0.29, 0.717) is 134 Å². The largest absolute Gasteiger partial charge is 0.480 e. The molecule has 0 unspecified atom stereocenters. The summed E-state index contributed by atoms with van der Waals surface area (Å²) in [6, 6.07) is 17.4. The van der Waals surface area contributed by atoms with Gasteiger partial charge in [-0.25, -0.2) is 0 Å². The van der Waals surface area contributed by atoms with Crippen LogP contribution in [-0.2, 0) is 89.7 Å². The van der Waals surface area contributed by atoms with Crippen molar-refractivity contribution in [3.63, 3.8) is 0 Å². The Balaban J connectivity index is 0.936. The molecule has 3 heterocycles. The first-order valence-electron chi connectivity index (χ1n) is 42.4. The molecular formula is C84H117BN13O27S4+. The molecule has 4 aromatic carbocycles. The number of allylic oxidation sites excluding steroid dienone is 7. The Labute approximate surface area is 750 Å². The minimum atomic E-state index is -4.68. The second kappa shape index (κ2) is 47.4. The molecule has 0 bridgehead atoms. The lowest BCUT2D eigenvalue weighted by Gasteiger charge is -2.27. The number of carboxylic acid groups (broad SMARTS) is 3. The molecule has 3 aliphatic heterocycles. The van der Waals surface area contributed by atoms with E-state index in [9.17, 15) is 115 Å². The minimum absolute atomic E-state index is 0.0246. The average molecular weight is 1880 g/mol. The summed E-state index contributed by atoms with van der Waals surface area (Å²) in [5.41, 5.74) is 9.06. The normalized spacial score (nSPS) is 16.7. The number of rotatable bonds is 53. The molecule has 3 atom stereocenters. The van der Waals surface area contributed by atoms with Gasteiger partial charge >= 0.3 is 25.0 Å². The summed E-state index contributed by atoms with van der Waals surface area (Å²) in [6.07, 6.45) is 12.6. The lowest BCUT2D eigenvalue weighted by atomic mass is 9.78. The van der Waals surface area contributed by atoms with Gasteiger partial charge in [-0.15, -0.1) is 0 Å². The van der Waals surface area contributed by atoms with Gasteiger partial charge in [-0.1, -0.05) is 19.9 Å². The van der Waals surface area contributed by atoms with Crippen LogP contribution >= 0.6 is 0 Å². The number of fused-ring (bicyclic) bond motifs is 2. The van der Waals surface area contributed by atoms with Gasteiger partial charge in [-0.05, 0) is 212 Å². The number of aliphatic carboxylic acids is 3. The van der Waals surface area contributed by atoms with Gasteiger partial charge in [0.05, 0.1) is 63.7 Å². The van der Waals surface area contributed by atoms with Gasteiger partial charge in [0.15, 0.2) is 5.71 Å². The number of hydrogen-bond donors (Lipinski definition) is 17. The van der Waals surface area contributed by atoms with E-state index in [1.54, 1.807) is 17.0 Å². The van der Waals surface area contributed by atoms with E-state index in [1.165, 1.54) is 89.5 Å². The topological polar surface area (TPSA) is 594 Å². The van der Waals surface area contributed by atoms with Crippen molar-refractivity contribution >= 4 is 124 Å². The third kappa shape index (κ3) is 31.7. The third-order valence-electron chi connectivity index (χ3n) is 22.5. The van der Waals surface area contributed by atoms with Gasteiger partial charge in [0.25, 0.3) is 46.4 Å². The van der Waals surface area contributed by atoms with Gasteiger partial charge in [-0.2, -0.15) is 38.2 Å². The molecule has 40 nitrogen and oxygen atoms in total. The van der Waals surface area contributed by atoms with Crippen molar-refractivity contribution in [2.45, 2.75) is 181 Å². The average Bonchev–Trinajstić information content (AvgIpc) is 1.59. The number of likely N-dealkylation sites (tertiary alicyclic amines) is 1. The third-order valence-corrected chi connectivity index (χ3v) is 25.8. The van der Waals surface area contributed by atoms with Gasteiger partial charge in [0, 0.05) is 125 Å². The van der Waals surface area contributed by atoms with Crippen LogP contribution in [0.25, 0.3) is 0 Å². The predicted molar refractivity (Wildman–Crippen MR) is 476 cm³/mol. The molecule has 1 saturated heterocycles. The van der Waals surface area contributed by atoms with Crippen molar-refractivity contribution in [2.75, 3.05) is 114 Å². The molecule has 0 saturated carbocycles. The summed E-state index contributed by atoms with van der Waals surface area (Å²) in [5, 5.41) is 64.0. The number of hydrazine groups is 1. The highest BCUT2D eigenvalue weighted by Crippen LogP contribution is 2.49. The van der Waals surface area contributed by atoms with E-state index < -0.39 is 148 Å². The first-order chi connectivity index (χ1) is 60.7. The smallest absolute Gasteiger partial charge is 0.475 e. The Kier molecular flexibility index (Phi) is 38.2. The quantitative estimate of drug-likeness (QED) is 0.00985. The van der Waals surface area contributed by atoms with Crippen molar-refractivity contribution in [3.05, 3.63) is 149 Å². The Morgan fingerprint density at radius 3 is 1.84 bits per heavy atom. The number of nitrogens with one attached hydrogen (secondary N) is 8. The molecule has 0 spiro atoms. The standard InChI is InChI=1S/C84H116BN13O27S4/c1-56(82(110)98-44-15-19-72(98)85(111)112)90-80(108)59-22-26-60(27-23-59)92-93-74(100)21-14-39-89-81(109)67(91-75(101)54-94(45-40-86-52-76(102)103)47-48-95(55-78(106)107)46-41-87-53-77(104)105)18-8-9-38-88-73(99)20-7-6-10-42-96-68-34-32-63(128(119,120)121)50-65(68)83(2,3)70(96)36-24-57-16-13-17-58(79(57)125-61-28-30-62(31-29-61)127(116,117)118)25-37-71-84(4,5)66-51-64(129(122,123)124)33-35-69(66)97(71)43-11-12-49-126(113,114)115/h22-37,50-51,56,67,72,86-87,111-112H,6-21,38-49,52-55H2,1-5H3,(H12-,88,89,90,91,92,93,99,100,101,102,103,104,105,106,107,108,109,113,114,115,116,117,118,119,120,121,122,123,124)/p+1/t56-,67-,72+/m1/s1. The molecule has 1 fully saturated rings. The monoisotopic (exact) mass is 1880 g/mol. The van der Waals surface area contributed by atoms with E-state index in [1.807, 2.05) is 61.5 Å². The van der Waals surface area contributed by atoms with Crippen molar-refractivity contribution in [2.24, 2.45) is 0 Å². The molecule has 4 aliphatic rings. The van der Waals surface area contributed by atoms with Gasteiger partial charge in [0.1, 0.15) is 30.1 Å². The summed E-state index contributed by atoms with van der Waals surface area (Å²) in [4.78, 5) is 120. The van der Waals surface area contributed by atoms with Crippen LogP contribution in [0.15, 0.2) is 147 Å². The second-order valence-corrected chi connectivity index (χ2v) is 38.8. The molecule has 706 valence electrons. The fourth-order valence-electron chi connectivity index (χ4n) is 15.7. The summed E-state index contributed by atoms with van der Waals surface area (Å²) in [6.45, 7) is 9.10. The van der Waals surface area contributed by atoms with Crippen LogP contribution in [0.3, 0.4) is 0 Å². The second-order valence-electron chi connectivity index (χ2n) is 32.9. The highest BCUT2D eigenvalue weighted by atomic mass is 32.2. The Bertz CT molecular complexity index is 5360. The number of carboxylic acids is 3. The van der Waals surface area contributed by atoms with Crippen LogP contribution in [0.1, 0.15) is 159 Å². The Morgan fingerprint density at radius 1 is 0.605 bits per heavy atom. The summed E-state index contributed by atoms with van der Waals surface area (Å²) < 4.78 is 147. The van der Waals surface area contributed by atoms with E-state index >= 15 is 0 Å². The maximum Gasteiger partial charge on any atom is 0.475 e. The molecular weight excluding hydrogens is 1760 g/mol. The molecule has 0 radical (unpaired) electrons. The number of benzene rings is 4. The van der Waals surface area contributed by atoms with E-state index in [-0.39, 0.29) is 138 Å². The zero-order chi connectivity index (χ0) is 94.8. The van der Waals surface area contributed by atoms with E-state index in [2.05, 4.69) is 42.8 Å². The van der Waals surface area contributed by atoms with Crippen LogP contribution in [-0.4, -0.2) is 285 Å². The molecule has 6 amide bonds. The van der Waals surface area contributed by atoms with Crippen LogP contribution in [0.2, 0.25) is 0 Å². The fraction of sp³-hybridized carbons (Fsp3) is 0.500. The number of nitrogens with zero attached hydrogens (tertiary/aromatic N) is 5. The summed E-state index contributed by atoms with van der Waals surface area (Å²) in [7, 11) is -20.0. The number of unbranched alkanes of at least 4 members (excludes halogenated alkanes) is 4. The van der Waals surface area contributed by atoms with Crippen LogP contribution < -0.4 is 52.4 Å². The molecule has 8 rings (SSSR count). The number of amides is 6. The first kappa shape index (κ1) is 104. The Hall–Kier alpha value is -10.4. The molecule has 4 aromatic rings. The molecule has 17 N–H and O–H groups in total. The lowest BCUT2D eigenvalue weighted by Crippen LogP contribution is -2.52.